The predicted molar refractivity (Wildman–Crippen MR) is 128 cm³/mol. The number of carbonyl (C=O) groups is 2. The van der Waals surface area contributed by atoms with Crippen molar-refractivity contribution in [2.75, 3.05) is 17.2 Å². The van der Waals surface area contributed by atoms with Gasteiger partial charge in [0.05, 0.1) is 16.4 Å². The van der Waals surface area contributed by atoms with E-state index < -0.39 is 23.8 Å². The second-order valence-electron chi connectivity index (χ2n) is 8.37. The summed E-state index contributed by atoms with van der Waals surface area (Å²) >= 11 is 5.82. The van der Waals surface area contributed by atoms with Crippen molar-refractivity contribution in [2.45, 2.75) is 26.3 Å². The van der Waals surface area contributed by atoms with Crippen molar-refractivity contribution < 1.29 is 14.0 Å². The van der Waals surface area contributed by atoms with Crippen molar-refractivity contribution in [1.29, 1.82) is 0 Å². The Balaban J connectivity index is 1.49. The van der Waals surface area contributed by atoms with Crippen molar-refractivity contribution in [1.82, 2.24) is 14.5 Å². The molecule has 8 nitrogen and oxygen atoms in total. The van der Waals surface area contributed by atoms with Crippen LogP contribution >= 0.6 is 11.6 Å². The Morgan fingerprint density at radius 1 is 1.15 bits per heavy atom. The van der Waals surface area contributed by atoms with Crippen LogP contribution in [0.3, 0.4) is 0 Å². The predicted octanol–water partition coefficient (Wildman–Crippen LogP) is 4.21. The van der Waals surface area contributed by atoms with Crippen LogP contribution in [0.1, 0.15) is 18.9 Å². The number of carbonyl (C=O) groups excluding carboxylic acids is 2. The van der Waals surface area contributed by atoms with E-state index in [9.17, 15) is 18.8 Å². The second-order valence-corrected chi connectivity index (χ2v) is 8.81. The molecule has 1 saturated heterocycles. The summed E-state index contributed by atoms with van der Waals surface area (Å²) in [7, 11) is 0. The topological polar surface area (TPSA) is 96.3 Å². The molecule has 3 aromatic rings. The second kappa shape index (κ2) is 9.64. The molecule has 0 spiro atoms. The number of nitrogens with one attached hydrogen (secondary N) is 2. The van der Waals surface area contributed by atoms with Crippen LogP contribution in [0.25, 0.3) is 5.69 Å². The summed E-state index contributed by atoms with van der Waals surface area (Å²) in [6.45, 7) is 4.13. The van der Waals surface area contributed by atoms with Gasteiger partial charge in [-0.25, -0.2) is 14.2 Å². The molecule has 3 amide bonds. The molecule has 4 rings (SSSR count). The summed E-state index contributed by atoms with van der Waals surface area (Å²) in [4.78, 5) is 43.4. The van der Waals surface area contributed by atoms with E-state index in [1.807, 2.05) is 13.8 Å². The molecule has 2 aromatic heterocycles. The first-order valence-electron chi connectivity index (χ1n) is 10.7. The van der Waals surface area contributed by atoms with Gasteiger partial charge in [0.1, 0.15) is 17.7 Å². The van der Waals surface area contributed by atoms with E-state index in [0.29, 0.717) is 29.5 Å². The molecule has 2 atom stereocenters. The van der Waals surface area contributed by atoms with E-state index in [2.05, 4.69) is 15.6 Å². The lowest BCUT2D eigenvalue weighted by molar-refractivity contribution is -0.119. The van der Waals surface area contributed by atoms with Gasteiger partial charge in [-0.15, -0.1) is 0 Å². The average Bonchev–Trinajstić information content (AvgIpc) is 3.20. The van der Waals surface area contributed by atoms with Crippen molar-refractivity contribution >= 4 is 35.0 Å². The molecule has 1 aromatic carbocycles. The Morgan fingerprint density at radius 3 is 2.65 bits per heavy atom. The number of hydrogen-bond donors (Lipinski definition) is 2. The average molecular weight is 484 g/mol. The molecule has 34 heavy (non-hydrogen) atoms. The molecule has 0 saturated carbocycles. The van der Waals surface area contributed by atoms with Gasteiger partial charge in [-0.05, 0) is 49.1 Å². The summed E-state index contributed by atoms with van der Waals surface area (Å²) in [6, 6.07) is 9.12. The fourth-order valence-corrected chi connectivity index (χ4v) is 4.03. The van der Waals surface area contributed by atoms with E-state index in [0.717, 1.165) is 5.56 Å². The normalized spacial score (nSPS) is 17.5. The first kappa shape index (κ1) is 23.4. The lowest BCUT2D eigenvalue weighted by Gasteiger charge is -2.24. The number of halogens is 2. The number of likely N-dealkylation sites (tertiary alicyclic amines) is 1. The lowest BCUT2D eigenvalue weighted by Crippen LogP contribution is -2.45. The van der Waals surface area contributed by atoms with Crippen LogP contribution in [0, 0.1) is 18.7 Å². The van der Waals surface area contributed by atoms with Crippen molar-refractivity contribution in [3.05, 3.63) is 81.6 Å². The quantitative estimate of drug-likeness (QED) is 0.581. The highest BCUT2D eigenvalue weighted by atomic mass is 35.5. The fraction of sp³-hybridized carbons (Fsp3) is 0.250. The van der Waals surface area contributed by atoms with Gasteiger partial charge in [0, 0.05) is 31.1 Å². The van der Waals surface area contributed by atoms with Crippen LogP contribution in [0.15, 0.2) is 59.7 Å². The number of anilines is 2. The van der Waals surface area contributed by atoms with E-state index in [-0.39, 0.29) is 17.2 Å². The van der Waals surface area contributed by atoms with Crippen molar-refractivity contribution in [2.24, 2.45) is 5.92 Å². The summed E-state index contributed by atoms with van der Waals surface area (Å²) in [5.74, 6) is -0.796. The van der Waals surface area contributed by atoms with Gasteiger partial charge in [0.25, 0.3) is 5.56 Å². The molecule has 1 fully saturated rings. The number of urea groups is 1. The smallest absolute Gasteiger partial charge is 0.322 e. The van der Waals surface area contributed by atoms with Crippen LogP contribution in [0.4, 0.5) is 20.7 Å². The summed E-state index contributed by atoms with van der Waals surface area (Å²) < 4.78 is 16.2. The molecular weight excluding hydrogens is 461 g/mol. The Morgan fingerprint density at radius 2 is 1.94 bits per heavy atom. The minimum Gasteiger partial charge on any atom is -0.322 e. The zero-order chi connectivity index (χ0) is 24.4. The largest absolute Gasteiger partial charge is 0.323 e. The molecule has 1 aliphatic rings. The van der Waals surface area contributed by atoms with Gasteiger partial charge in [0.2, 0.25) is 5.91 Å². The molecule has 0 radical (unpaired) electrons. The maximum absolute atomic E-state index is 14.8. The SMILES string of the molecule is Cc1ccc(=O)n(-c2ccc(NC(=O)C3CC(C)CN3C(=O)Nc3ccc(Cl)cn3)c(F)c2)c1. The van der Waals surface area contributed by atoms with E-state index >= 15 is 0 Å². The van der Waals surface area contributed by atoms with Crippen molar-refractivity contribution in [3.63, 3.8) is 0 Å². The van der Waals surface area contributed by atoms with Crippen LogP contribution < -0.4 is 16.2 Å². The summed E-state index contributed by atoms with van der Waals surface area (Å²) in [5.41, 5.74) is 0.863. The molecule has 10 heteroatoms. The molecule has 1 aliphatic heterocycles. The van der Waals surface area contributed by atoms with Gasteiger partial charge in [-0.3, -0.25) is 19.5 Å². The zero-order valence-electron chi connectivity index (χ0n) is 18.6. The number of hydrogen-bond acceptors (Lipinski definition) is 4. The first-order chi connectivity index (χ1) is 16.2. The van der Waals surface area contributed by atoms with E-state index in [1.54, 1.807) is 30.5 Å². The maximum Gasteiger partial charge on any atom is 0.323 e. The minimum absolute atomic E-state index is 0.0336. The lowest BCUT2D eigenvalue weighted by atomic mass is 10.1. The monoisotopic (exact) mass is 483 g/mol. The molecule has 0 aliphatic carbocycles. The number of benzene rings is 1. The Hall–Kier alpha value is -3.72. The minimum atomic E-state index is -0.777. The number of aromatic nitrogens is 2. The summed E-state index contributed by atoms with van der Waals surface area (Å²) in [6.07, 6.45) is 3.46. The number of aryl methyl sites for hydroxylation is 1. The number of nitrogens with zero attached hydrogens (tertiary/aromatic N) is 3. The highest BCUT2D eigenvalue weighted by Gasteiger charge is 2.38. The van der Waals surface area contributed by atoms with Gasteiger partial charge < -0.3 is 10.2 Å². The molecule has 3 heterocycles. The van der Waals surface area contributed by atoms with Gasteiger partial charge in [-0.1, -0.05) is 24.6 Å². The Bertz CT molecular complexity index is 1290. The molecule has 2 unspecified atom stereocenters. The highest BCUT2D eigenvalue weighted by Crippen LogP contribution is 2.26. The molecule has 176 valence electrons. The Labute approximate surface area is 200 Å². The number of pyridine rings is 2. The van der Waals surface area contributed by atoms with E-state index in [1.165, 1.54) is 33.9 Å². The zero-order valence-corrected chi connectivity index (χ0v) is 19.3. The van der Waals surface area contributed by atoms with E-state index in [4.69, 9.17) is 11.6 Å². The molecule has 0 bridgehead atoms. The maximum atomic E-state index is 14.8. The van der Waals surface area contributed by atoms with Gasteiger partial charge in [-0.2, -0.15) is 0 Å². The third-order valence-electron chi connectivity index (χ3n) is 5.58. The number of amides is 3. The van der Waals surface area contributed by atoms with Gasteiger partial charge >= 0.3 is 6.03 Å². The highest BCUT2D eigenvalue weighted by molar-refractivity contribution is 6.30. The summed E-state index contributed by atoms with van der Waals surface area (Å²) in [5, 5.41) is 5.67. The fourth-order valence-electron chi connectivity index (χ4n) is 3.92. The standard InChI is InChI=1S/C24H23ClFN5O3/c1-14-3-8-22(32)30(12-14)17-5-6-19(18(26)10-17)28-23(33)20-9-15(2)13-31(20)24(34)29-21-7-4-16(25)11-27-21/h3-8,10-12,15,20H,9,13H2,1-2H3,(H,28,33)(H,27,29,34). The third-order valence-corrected chi connectivity index (χ3v) is 5.81. The van der Waals surface area contributed by atoms with Crippen LogP contribution in [-0.2, 0) is 4.79 Å². The number of rotatable bonds is 4. The molecule has 2 N–H and O–H groups in total. The molecular formula is C24H23ClFN5O3. The van der Waals surface area contributed by atoms with Gasteiger partial charge in [0.15, 0.2) is 0 Å². The first-order valence-corrected chi connectivity index (χ1v) is 11.1. The van der Waals surface area contributed by atoms with Crippen LogP contribution in [0.5, 0.6) is 0 Å². The van der Waals surface area contributed by atoms with Crippen LogP contribution in [-0.4, -0.2) is 39.0 Å². The van der Waals surface area contributed by atoms with Crippen LogP contribution in [0.2, 0.25) is 5.02 Å². The van der Waals surface area contributed by atoms with Crippen molar-refractivity contribution in [3.8, 4) is 5.69 Å². The Kier molecular flexibility index (Phi) is 6.65. The third kappa shape index (κ3) is 5.09.